The highest BCUT2D eigenvalue weighted by molar-refractivity contribution is 7.89. The van der Waals surface area contributed by atoms with Gasteiger partial charge in [0.2, 0.25) is 10.0 Å². The summed E-state index contributed by atoms with van der Waals surface area (Å²) in [6.45, 7) is 5.15. The smallest absolute Gasteiger partial charge is 0.435 e. The van der Waals surface area contributed by atoms with Crippen LogP contribution in [0.4, 0.5) is 23.7 Å². The average Bonchev–Trinajstić information content (AvgIpc) is 3.68. The SMILES string of the molecule is CC(C)(C)OC(=O)NCc1cccc(-n2nc(C(F)(F)F)cc2C(=O)Nc2cccc(C(NS(=O)(=O)CC3CC3)c3ccccc3)c2)c1. The van der Waals surface area contributed by atoms with Crippen LogP contribution in [0.3, 0.4) is 0 Å². The van der Waals surface area contributed by atoms with Crippen LogP contribution in [0.1, 0.15) is 72.5 Å². The van der Waals surface area contributed by atoms with Crippen molar-refractivity contribution >= 4 is 27.7 Å². The number of hydrogen-bond donors (Lipinski definition) is 3. The number of hydrogen-bond acceptors (Lipinski definition) is 6. The van der Waals surface area contributed by atoms with Crippen LogP contribution in [-0.4, -0.2) is 41.6 Å². The fraction of sp³-hybridized carbons (Fsp3) is 0.324. The Bertz CT molecular complexity index is 1880. The zero-order valence-electron chi connectivity index (χ0n) is 26.5. The molecule has 3 N–H and O–H groups in total. The van der Waals surface area contributed by atoms with E-state index in [1.807, 2.05) is 6.07 Å². The number of amides is 2. The molecule has 3 aromatic carbocycles. The van der Waals surface area contributed by atoms with Gasteiger partial charge in [0.15, 0.2) is 5.69 Å². The minimum atomic E-state index is -4.84. The largest absolute Gasteiger partial charge is 0.444 e. The van der Waals surface area contributed by atoms with E-state index in [0.717, 1.165) is 17.5 Å². The Labute approximate surface area is 276 Å². The highest BCUT2D eigenvalue weighted by atomic mass is 32.2. The highest BCUT2D eigenvalue weighted by Gasteiger charge is 2.36. The maximum Gasteiger partial charge on any atom is 0.435 e. The van der Waals surface area contributed by atoms with E-state index in [2.05, 4.69) is 20.5 Å². The number of nitrogens with one attached hydrogen (secondary N) is 3. The summed E-state index contributed by atoms with van der Waals surface area (Å²) in [7, 11) is -3.65. The number of anilines is 1. The molecule has 1 aliphatic rings. The lowest BCUT2D eigenvalue weighted by Gasteiger charge is -2.21. The molecule has 1 saturated carbocycles. The molecule has 2 amide bonds. The van der Waals surface area contributed by atoms with Crippen molar-refractivity contribution in [2.75, 3.05) is 11.1 Å². The number of aromatic nitrogens is 2. The van der Waals surface area contributed by atoms with Gasteiger partial charge in [0, 0.05) is 18.3 Å². The molecule has 4 aromatic rings. The normalized spacial score (nSPS) is 14.3. The standard InChI is InChI=1S/C34H36F3N5O5S/c1-33(2,3)47-32(44)38-20-23-9-7-14-27(17-23)42-28(19-29(40-42)34(35,36)37)31(43)39-26-13-8-12-25(18-26)30(24-10-5-4-6-11-24)41-48(45,46)21-22-15-16-22/h4-14,17-19,22,30,41H,15-16,20-21H2,1-3H3,(H,38,44)(H,39,43). The molecule has 1 heterocycles. The Morgan fingerprint density at radius 2 is 1.62 bits per heavy atom. The fourth-order valence-electron chi connectivity index (χ4n) is 4.95. The van der Waals surface area contributed by atoms with Gasteiger partial charge in [-0.3, -0.25) is 4.79 Å². The monoisotopic (exact) mass is 683 g/mol. The summed E-state index contributed by atoms with van der Waals surface area (Å²) in [6.07, 6.45) is -3.79. The fourth-order valence-corrected chi connectivity index (χ4v) is 6.63. The maximum atomic E-state index is 13.8. The molecule has 10 nitrogen and oxygen atoms in total. The van der Waals surface area contributed by atoms with E-state index in [9.17, 15) is 31.2 Å². The zero-order chi connectivity index (χ0) is 34.7. The van der Waals surface area contributed by atoms with Gasteiger partial charge in [-0.15, -0.1) is 0 Å². The second-order valence-electron chi connectivity index (χ2n) is 12.6. The summed E-state index contributed by atoms with van der Waals surface area (Å²) >= 11 is 0. The molecular formula is C34H36F3N5O5S. The Morgan fingerprint density at radius 1 is 0.938 bits per heavy atom. The van der Waals surface area contributed by atoms with Crippen molar-refractivity contribution in [2.24, 2.45) is 5.92 Å². The van der Waals surface area contributed by atoms with E-state index in [0.29, 0.717) is 22.8 Å². The minimum absolute atomic E-state index is 0.0105. The molecule has 0 bridgehead atoms. The van der Waals surface area contributed by atoms with Crippen molar-refractivity contribution in [3.05, 3.63) is 113 Å². The van der Waals surface area contributed by atoms with Crippen molar-refractivity contribution in [3.8, 4) is 5.69 Å². The first-order valence-electron chi connectivity index (χ1n) is 15.3. The van der Waals surface area contributed by atoms with Crippen LogP contribution in [0.15, 0.2) is 84.9 Å². The van der Waals surface area contributed by atoms with Crippen molar-refractivity contribution in [1.82, 2.24) is 19.8 Å². The van der Waals surface area contributed by atoms with E-state index >= 15 is 0 Å². The first kappa shape index (κ1) is 34.6. The number of sulfonamides is 1. The lowest BCUT2D eigenvalue weighted by molar-refractivity contribution is -0.141. The Hall–Kier alpha value is -4.69. The molecule has 0 radical (unpaired) electrons. The van der Waals surface area contributed by atoms with Gasteiger partial charge in [0.05, 0.1) is 17.5 Å². The molecule has 5 rings (SSSR count). The molecule has 1 aliphatic carbocycles. The topological polar surface area (TPSA) is 131 Å². The number of rotatable bonds is 11. The predicted molar refractivity (Wildman–Crippen MR) is 174 cm³/mol. The molecule has 1 unspecified atom stereocenters. The molecule has 14 heteroatoms. The summed E-state index contributed by atoms with van der Waals surface area (Å²) in [5.74, 6) is -0.743. The number of nitrogens with zero attached hydrogens (tertiary/aromatic N) is 2. The van der Waals surface area contributed by atoms with Gasteiger partial charge in [-0.25, -0.2) is 22.6 Å². The van der Waals surface area contributed by atoms with E-state index < -0.39 is 51.2 Å². The molecule has 48 heavy (non-hydrogen) atoms. The summed E-state index contributed by atoms with van der Waals surface area (Å²) in [4.78, 5) is 25.7. The lowest BCUT2D eigenvalue weighted by Crippen LogP contribution is -2.32. The summed E-state index contributed by atoms with van der Waals surface area (Å²) in [5, 5.41) is 8.93. The predicted octanol–water partition coefficient (Wildman–Crippen LogP) is 6.59. The molecule has 0 aliphatic heterocycles. The number of halogens is 3. The molecule has 254 valence electrons. The first-order chi connectivity index (χ1) is 22.6. The second kappa shape index (κ2) is 13.8. The van der Waals surface area contributed by atoms with Gasteiger partial charge in [-0.1, -0.05) is 54.6 Å². The van der Waals surface area contributed by atoms with Gasteiger partial charge in [-0.2, -0.15) is 18.3 Å². The van der Waals surface area contributed by atoms with Gasteiger partial charge >= 0.3 is 12.3 Å². The lowest BCUT2D eigenvalue weighted by atomic mass is 9.99. The van der Waals surface area contributed by atoms with Crippen LogP contribution < -0.4 is 15.4 Å². The molecule has 0 spiro atoms. The summed E-state index contributed by atoms with van der Waals surface area (Å²) in [5.41, 5.74) is -0.273. The van der Waals surface area contributed by atoms with Gasteiger partial charge in [0.25, 0.3) is 5.91 Å². The minimum Gasteiger partial charge on any atom is -0.444 e. The number of carbonyl (C=O) groups is 2. The van der Waals surface area contributed by atoms with E-state index in [1.165, 1.54) is 12.1 Å². The summed E-state index contributed by atoms with van der Waals surface area (Å²) in [6, 6.07) is 21.5. The van der Waals surface area contributed by atoms with Crippen LogP contribution in [0, 0.1) is 5.92 Å². The number of alkyl halides is 3. The van der Waals surface area contributed by atoms with Crippen LogP contribution in [0.2, 0.25) is 0 Å². The molecule has 1 atom stereocenters. The molecule has 1 fully saturated rings. The van der Waals surface area contributed by atoms with Crippen LogP contribution in [0.25, 0.3) is 5.69 Å². The van der Waals surface area contributed by atoms with Crippen LogP contribution in [0.5, 0.6) is 0 Å². The zero-order valence-corrected chi connectivity index (χ0v) is 27.4. The van der Waals surface area contributed by atoms with Crippen LogP contribution in [-0.2, 0) is 27.5 Å². The molecule has 1 aromatic heterocycles. The van der Waals surface area contributed by atoms with Gasteiger partial charge in [-0.05, 0) is 80.5 Å². The Kier molecular flexibility index (Phi) is 9.97. The number of alkyl carbamates (subject to hydrolysis) is 1. The summed E-state index contributed by atoms with van der Waals surface area (Å²) < 4.78 is 76.3. The molecule has 0 saturated heterocycles. The first-order valence-corrected chi connectivity index (χ1v) is 16.9. The maximum absolute atomic E-state index is 13.8. The average molecular weight is 684 g/mol. The Balaban J connectivity index is 1.41. The third kappa shape index (κ3) is 9.44. The van der Waals surface area contributed by atoms with E-state index in [-0.39, 0.29) is 29.6 Å². The van der Waals surface area contributed by atoms with Crippen LogP contribution >= 0.6 is 0 Å². The number of ether oxygens (including phenoxy) is 1. The van der Waals surface area contributed by atoms with Gasteiger partial charge in [0.1, 0.15) is 11.3 Å². The van der Waals surface area contributed by atoms with Crippen molar-refractivity contribution in [2.45, 2.75) is 58.0 Å². The van der Waals surface area contributed by atoms with E-state index in [1.54, 1.807) is 81.4 Å². The third-order valence-electron chi connectivity index (χ3n) is 7.28. The van der Waals surface area contributed by atoms with Crippen molar-refractivity contribution in [1.29, 1.82) is 0 Å². The number of benzene rings is 3. The second-order valence-corrected chi connectivity index (χ2v) is 14.4. The Morgan fingerprint density at radius 3 is 2.29 bits per heavy atom. The number of carbonyl (C=O) groups excluding carboxylic acids is 2. The highest BCUT2D eigenvalue weighted by Crippen LogP contribution is 2.33. The molecular weight excluding hydrogens is 647 g/mol. The van der Waals surface area contributed by atoms with Crippen molar-refractivity contribution in [3.63, 3.8) is 0 Å². The third-order valence-corrected chi connectivity index (χ3v) is 8.79. The quantitative estimate of drug-likeness (QED) is 0.164. The van der Waals surface area contributed by atoms with E-state index in [4.69, 9.17) is 4.74 Å². The van der Waals surface area contributed by atoms with Crippen molar-refractivity contribution < 1.29 is 35.9 Å². The van der Waals surface area contributed by atoms with Gasteiger partial charge < -0.3 is 15.4 Å².